The van der Waals surface area contributed by atoms with E-state index in [2.05, 4.69) is 100 Å². The molecule has 11 aromatic rings. The summed E-state index contributed by atoms with van der Waals surface area (Å²) in [5, 5.41) is 14.7. The van der Waals surface area contributed by atoms with Gasteiger partial charge >= 0.3 is 6.18 Å². The van der Waals surface area contributed by atoms with Gasteiger partial charge in [-0.05, 0) is 119 Å². The fourth-order valence-electron chi connectivity index (χ4n) is 9.49. The van der Waals surface area contributed by atoms with Crippen LogP contribution in [0.2, 0.25) is 0 Å². The highest BCUT2D eigenvalue weighted by molar-refractivity contribution is 6.13. The van der Waals surface area contributed by atoms with Gasteiger partial charge < -0.3 is 9.13 Å². The van der Waals surface area contributed by atoms with Crippen LogP contribution in [0.1, 0.15) is 16.7 Å². The molecule has 2 heterocycles. The summed E-state index contributed by atoms with van der Waals surface area (Å²) in [5.41, 5.74) is 11.9. The van der Waals surface area contributed by atoms with Gasteiger partial charge in [-0.15, -0.1) is 0 Å². The van der Waals surface area contributed by atoms with Crippen LogP contribution in [0.3, 0.4) is 0 Å². The first-order valence-electron chi connectivity index (χ1n) is 20.8. The van der Waals surface area contributed by atoms with Gasteiger partial charge in [-0.3, -0.25) is 0 Å². The molecule has 0 saturated carbocycles. The fraction of sp³-hybridized carbons (Fsp3) is 0.0351. The van der Waals surface area contributed by atoms with E-state index in [0.29, 0.717) is 27.8 Å². The van der Waals surface area contributed by atoms with Gasteiger partial charge in [0.1, 0.15) is 0 Å². The smallest absolute Gasteiger partial charge is 0.309 e. The molecule has 0 aliphatic carbocycles. The lowest BCUT2D eigenvalue weighted by atomic mass is 9.90. The van der Waals surface area contributed by atoms with Gasteiger partial charge in [0.05, 0.1) is 50.6 Å². The van der Waals surface area contributed by atoms with Crippen LogP contribution >= 0.6 is 0 Å². The molecule has 2 aromatic heterocycles. The summed E-state index contributed by atoms with van der Waals surface area (Å²) in [6.45, 7) is 1.72. The molecule has 0 bridgehead atoms. The molecule has 9 aromatic carbocycles. The second-order valence-corrected chi connectivity index (χ2v) is 16.0. The SMILES string of the molecule is Cc1cccc(C(F)(F)F)c1-c1ccc(-n2c3ccccc3c3cc(-c4ccccc4)ccc32)c(-c2cc(C#N)ccc2-n2c3ccccc3c3cc(-c4ccccc4)ccc32)c1. The molecule has 0 spiro atoms. The van der Waals surface area contributed by atoms with E-state index in [4.69, 9.17) is 0 Å². The van der Waals surface area contributed by atoms with Crippen LogP contribution in [-0.4, -0.2) is 9.13 Å². The van der Waals surface area contributed by atoms with Gasteiger partial charge in [0.15, 0.2) is 0 Å². The quantitative estimate of drug-likeness (QED) is 0.165. The molecule has 0 radical (unpaired) electrons. The van der Waals surface area contributed by atoms with E-state index in [9.17, 15) is 18.4 Å². The third kappa shape index (κ3) is 6.28. The van der Waals surface area contributed by atoms with Gasteiger partial charge in [-0.2, -0.15) is 18.4 Å². The van der Waals surface area contributed by atoms with Crippen molar-refractivity contribution in [3.63, 3.8) is 0 Å². The largest absolute Gasteiger partial charge is 0.417 e. The molecule has 0 aliphatic rings. The maximum absolute atomic E-state index is 14.9. The first-order chi connectivity index (χ1) is 30.8. The molecule has 11 rings (SSSR count). The molecule has 0 unspecified atom stereocenters. The Kier molecular flexibility index (Phi) is 8.88. The van der Waals surface area contributed by atoms with E-state index in [-0.39, 0.29) is 5.56 Å². The minimum Gasteiger partial charge on any atom is -0.309 e. The summed E-state index contributed by atoms with van der Waals surface area (Å²) in [6, 6.07) is 68.0. The topological polar surface area (TPSA) is 33.6 Å². The highest BCUT2D eigenvalue weighted by Gasteiger charge is 2.34. The number of para-hydroxylation sites is 2. The molecular weight excluding hydrogens is 784 g/mol. The first kappa shape index (κ1) is 37.8. The van der Waals surface area contributed by atoms with E-state index < -0.39 is 11.7 Å². The second-order valence-electron chi connectivity index (χ2n) is 16.0. The van der Waals surface area contributed by atoms with Crippen molar-refractivity contribution in [3.8, 4) is 62.0 Å². The number of rotatable bonds is 6. The van der Waals surface area contributed by atoms with Crippen LogP contribution in [0.25, 0.3) is 99.5 Å². The Labute approximate surface area is 361 Å². The fourth-order valence-corrected chi connectivity index (χ4v) is 9.49. The van der Waals surface area contributed by atoms with Crippen molar-refractivity contribution < 1.29 is 13.2 Å². The minimum absolute atomic E-state index is 0.121. The highest BCUT2D eigenvalue weighted by atomic mass is 19.4. The average molecular weight is 820 g/mol. The molecule has 0 atom stereocenters. The Balaban J connectivity index is 1.24. The summed E-state index contributed by atoms with van der Waals surface area (Å²) < 4.78 is 49.1. The predicted molar refractivity (Wildman–Crippen MR) is 251 cm³/mol. The van der Waals surface area contributed by atoms with Gasteiger partial charge in [-0.25, -0.2) is 0 Å². The number of fused-ring (bicyclic) bond motifs is 6. The summed E-state index contributed by atoms with van der Waals surface area (Å²) in [5.74, 6) is 0. The highest BCUT2D eigenvalue weighted by Crippen LogP contribution is 2.46. The lowest BCUT2D eigenvalue weighted by Gasteiger charge is -2.21. The lowest BCUT2D eigenvalue weighted by Crippen LogP contribution is -2.08. The average Bonchev–Trinajstić information content (AvgIpc) is 3.83. The zero-order chi connectivity index (χ0) is 42.8. The van der Waals surface area contributed by atoms with Crippen molar-refractivity contribution in [2.75, 3.05) is 0 Å². The molecule has 63 heavy (non-hydrogen) atoms. The molecule has 0 saturated heterocycles. The monoisotopic (exact) mass is 819 g/mol. The molecule has 300 valence electrons. The van der Waals surface area contributed by atoms with E-state index in [0.717, 1.165) is 83.3 Å². The molecule has 0 N–H and O–H groups in total. The summed E-state index contributed by atoms with van der Waals surface area (Å²) in [4.78, 5) is 0. The Morgan fingerprint density at radius 2 is 0.889 bits per heavy atom. The summed E-state index contributed by atoms with van der Waals surface area (Å²) >= 11 is 0. The standard InChI is InChI=1S/C57H36F3N3/c1-36-13-12-20-49(57(58,59)60)56(36)42-26-30-55(63-51-22-11-9-19-44(51)47-33-41(25-29-54(47)63)39-16-6-3-7-17-39)48(34-42)45-31-37(35-61)23-27-52(45)62-50-21-10-8-18-43(50)46-32-40(24-28-53(46)62)38-14-4-2-5-15-38/h2-34H,1H3. The van der Waals surface area contributed by atoms with Crippen molar-refractivity contribution in [3.05, 3.63) is 217 Å². The zero-order valence-electron chi connectivity index (χ0n) is 34.0. The summed E-state index contributed by atoms with van der Waals surface area (Å²) in [7, 11) is 0. The van der Waals surface area contributed by atoms with E-state index in [1.54, 1.807) is 19.1 Å². The maximum atomic E-state index is 14.9. The number of nitrogens with zero attached hydrogens (tertiary/aromatic N) is 3. The minimum atomic E-state index is -4.59. The third-order valence-electron chi connectivity index (χ3n) is 12.3. The number of aromatic nitrogens is 2. The number of benzene rings is 9. The maximum Gasteiger partial charge on any atom is 0.417 e. The number of hydrogen-bond acceptors (Lipinski definition) is 1. The van der Waals surface area contributed by atoms with Gasteiger partial charge in [-0.1, -0.05) is 127 Å². The van der Waals surface area contributed by atoms with Gasteiger partial charge in [0.2, 0.25) is 0 Å². The van der Waals surface area contributed by atoms with Crippen molar-refractivity contribution in [2.24, 2.45) is 0 Å². The number of alkyl halides is 3. The number of aryl methyl sites for hydroxylation is 1. The number of halogens is 3. The molecule has 0 fully saturated rings. The van der Waals surface area contributed by atoms with Gasteiger partial charge in [0, 0.05) is 32.7 Å². The van der Waals surface area contributed by atoms with Crippen LogP contribution in [0.5, 0.6) is 0 Å². The van der Waals surface area contributed by atoms with Gasteiger partial charge in [0.25, 0.3) is 0 Å². The Hall–Kier alpha value is -8.14. The zero-order valence-corrected chi connectivity index (χ0v) is 34.0. The molecule has 6 heteroatoms. The molecule has 3 nitrogen and oxygen atoms in total. The van der Waals surface area contributed by atoms with Crippen LogP contribution in [0.4, 0.5) is 13.2 Å². The first-order valence-corrected chi connectivity index (χ1v) is 20.8. The number of nitriles is 1. The van der Waals surface area contributed by atoms with Crippen LogP contribution < -0.4 is 0 Å². The molecule has 0 amide bonds. The Morgan fingerprint density at radius 3 is 1.43 bits per heavy atom. The van der Waals surface area contributed by atoms with Crippen molar-refractivity contribution >= 4 is 43.6 Å². The van der Waals surface area contributed by atoms with Crippen molar-refractivity contribution in [1.82, 2.24) is 9.13 Å². The van der Waals surface area contributed by atoms with Crippen LogP contribution in [-0.2, 0) is 6.18 Å². The summed E-state index contributed by atoms with van der Waals surface area (Å²) in [6.07, 6.45) is -4.59. The van der Waals surface area contributed by atoms with Crippen molar-refractivity contribution in [2.45, 2.75) is 13.1 Å². The predicted octanol–water partition coefficient (Wildman–Crippen LogP) is 15.7. The van der Waals surface area contributed by atoms with Crippen LogP contribution in [0.15, 0.2) is 200 Å². The van der Waals surface area contributed by atoms with Crippen LogP contribution in [0, 0.1) is 18.3 Å². The number of hydrogen-bond donors (Lipinski definition) is 0. The van der Waals surface area contributed by atoms with E-state index in [1.807, 2.05) is 91.0 Å². The lowest BCUT2D eigenvalue weighted by molar-refractivity contribution is -0.137. The van der Waals surface area contributed by atoms with Crippen molar-refractivity contribution in [1.29, 1.82) is 5.26 Å². The second kappa shape index (κ2) is 14.8. The third-order valence-corrected chi connectivity index (χ3v) is 12.3. The Bertz CT molecular complexity index is 3630. The molecule has 0 aliphatic heterocycles. The molecular formula is C57H36F3N3. The van der Waals surface area contributed by atoms with E-state index >= 15 is 0 Å². The Morgan fingerprint density at radius 1 is 0.413 bits per heavy atom. The van der Waals surface area contributed by atoms with E-state index in [1.165, 1.54) is 6.07 Å². The normalized spacial score (nSPS) is 11.8.